The molecule has 4 heterocycles. The van der Waals surface area contributed by atoms with Gasteiger partial charge in [0, 0.05) is 12.3 Å². The van der Waals surface area contributed by atoms with Gasteiger partial charge in [-0.25, -0.2) is 9.97 Å². The number of aryl methyl sites for hydroxylation is 1. The molecule has 6 aliphatic rings. The van der Waals surface area contributed by atoms with E-state index in [0.29, 0.717) is 34.4 Å². The number of aromatic nitrogens is 2. The summed E-state index contributed by atoms with van der Waals surface area (Å²) in [5.41, 5.74) is 3.40. The van der Waals surface area contributed by atoms with E-state index in [0.717, 1.165) is 48.2 Å². The van der Waals surface area contributed by atoms with Crippen LogP contribution in [0.1, 0.15) is 83.2 Å². The lowest BCUT2D eigenvalue weighted by molar-refractivity contribution is -0.272. The lowest BCUT2D eigenvalue weighted by Crippen LogP contribution is -2.51. The number of fused-ring (bicyclic) bond motifs is 9. The number of allylic oxidation sites excluding steroid dienone is 2. The smallest absolute Gasteiger partial charge is 0.189 e. The third-order valence-corrected chi connectivity index (χ3v) is 13.8. The van der Waals surface area contributed by atoms with Gasteiger partial charge in [-0.05, 0) is 103 Å². The number of halogens is 1. The molecule has 1 N–H and O–H groups in total. The van der Waals surface area contributed by atoms with Crippen molar-refractivity contribution in [1.29, 1.82) is 0 Å². The predicted molar refractivity (Wildman–Crippen MR) is 161 cm³/mol. The fourth-order valence-corrected chi connectivity index (χ4v) is 11.9. The van der Waals surface area contributed by atoms with Gasteiger partial charge in [0.2, 0.25) is 0 Å². The normalized spacial score (nSPS) is 45.2. The first-order valence-electron chi connectivity index (χ1n) is 15.6. The summed E-state index contributed by atoms with van der Waals surface area (Å²) in [6.45, 7) is 10.8. The Bertz CT molecular complexity index is 1370. The van der Waals surface area contributed by atoms with E-state index in [4.69, 9.17) is 26.1 Å². The van der Waals surface area contributed by atoms with Crippen molar-refractivity contribution in [3.63, 3.8) is 0 Å². The second kappa shape index (κ2) is 9.02. The lowest BCUT2D eigenvalue weighted by Gasteiger charge is -2.57. The highest BCUT2D eigenvalue weighted by molar-refractivity contribution is 7.16. The third-order valence-electron chi connectivity index (χ3n) is 12.5. The van der Waals surface area contributed by atoms with Gasteiger partial charge in [0.05, 0.1) is 23.3 Å². The first kappa shape index (κ1) is 26.2. The molecule has 2 saturated heterocycles. The highest BCUT2D eigenvalue weighted by atomic mass is 35.5. The van der Waals surface area contributed by atoms with E-state index in [1.807, 2.05) is 12.1 Å². The topological polar surface area (TPSA) is 56.3 Å². The van der Waals surface area contributed by atoms with Crippen molar-refractivity contribution in [1.82, 2.24) is 9.97 Å². The maximum atomic E-state index is 6.98. The van der Waals surface area contributed by atoms with Crippen LogP contribution in [0.4, 0.5) is 10.9 Å². The maximum Gasteiger partial charge on any atom is 0.189 e. The van der Waals surface area contributed by atoms with Gasteiger partial charge in [-0.2, -0.15) is 0 Å². The first-order chi connectivity index (χ1) is 19.2. The van der Waals surface area contributed by atoms with Crippen molar-refractivity contribution >= 4 is 39.5 Å². The van der Waals surface area contributed by atoms with Crippen LogP contribution in [-0.4, -0.2) is 28.5 Å². The molecule has 1 spiro atoms. The Morgan fingerprint density at radius 2 is 1.95 bits per heavy atom. The Kier molecular flexibility index (Phi) is 5.90. The van der Waals surface area contributed by atoms with Crippen LogP contribution in [0.3, 0.4) is 0 Å². The van der Waals surface area contributed by atoms with Crippen LogP contribution in [0, 0.1) is 46.3 Å². The van der Waals surface area contributed by atoms with Crippen molar-refractivity contribution in [3.8, 4) is 0 Å². The number of hydrogen-bond donors (Lipinski definition) is 1. The van der Waals surface area contributed by atoms with Gasteiger partial charge in [0.25, 0.3) is 0 Å². The van der Waals surface area contributed by atoms with Crippen molar-refractivity contribution in [2.75, 3.05) is 11.9 Å². The summed E-state index contributed by atoms with van der Waals surface area (Å²) in [5.74, 6) is 4.42. The second-order valence-electron chi connectivity index (χ2n) is 14.4. The standard InChI is InChI=1S/C33H42ClN3O2S/c1-18-10-15-33(38-17-18)19(2)28-25(39-33)16-23-20-8-9-22-29-24(12-14-31(22,3)21(20)11-13-32(23,28)4)35-30(40-29)37-27-7-5-6-26(34)36-27/h5-7,9,18-21,23,25,28H,8,10-17H2,1-4H3,(H,35,36,37)/t18-,19?,20-,21+,23+,25+,28+,31-,32+,33-/m1/s1. The van der Waals surface area contributed by atoms with Gasteiger partial charge in [0.15, 0.2) is 10.9 Å². The Morgan fingerprint density at radius 1 is 1.07 bits per heavy atom. The minimum atomic E-state index is -0.323. The minimum absolute atomic E-state index is 0.226. The van der Waals surface area contributed by atoms with E-state index in [9.17, 15) is 0 Å². The summed E-state index contributed by atoms with van der Waals surface area (Å²) >= 11 is 7.92. The number of anilines is 2. The Morgan fingerprint density at radius 3 is 2.75 bits per heavy atom. The Balaban J connectivity index is 1.07. The van der Waals surface area contributed by atoms with E-state index < -0.39 is 0 Å². The Hall–Kier alpha value is -1.47. The molecule has 2 aliphatic heterocycles. The van der Waals surface area contributed by atoms with Crippen LogP contribution in [0.25, 0.3) is 5.57 Å². The highest BCUT2D eigenvalue weighted by Crippen LogP contribution is 2.71. The van der Waals surface area contributed by atoms with Crippen molar-refractivity contribution in [2.45, 2.75) is 91.0 Å². The number of thiazole rings is 1. The zero-order valence-corrected chi connectivity index (χ0v) is 25.8. The molecular weight excluding hydrogens is 538 g/mol. The predicted octanol–water partition coefficient (Wildman–Crippen LogP) is 8.52. The zero-order chi connectivity index (χ0) is 27.4. The monoisotopic (exact) mass is 579 g/mol. The van der Waals surface area contributed by atoms with Gasteiger partial charge in [-0.3, -0.25) is 0 Å². The number of pyridine rings is 1. The molecule has 2 saturated carbocycles. The van der Waals surface area contributed by atoms with Crippen LogP contribution in [0.2, 0.25) is 5.15 Å². The lowest BCUT2D eigenvalue weighted by atomic mass is 9.47. The first-order valence-corrected chi connectivity index (χ1v) is 16.8. The van der Waals surface area contributed by atoms with E-state index in [2.05, 4.69) is 44.1 Å². The molecule has 0 bridgehead atoms. The maximum absolute atomic E-state index is 6.98. The molecule has 5 nitrogen and oxygen atoms in total. The van der Waals surface area contributed by atoms with Gasteiger partial charge in [-0.1, -0.05) is 62.8 Å². The molecule has 10 atom stereocenters. The molecule has 214 valence electrons. The SMILES string of the molecule is CC1[C@H]2[C@H](C[C@H]3[C@@H]4CC=C5c6sc(Nc7cccc(Cl)n7)nc6CC[C@]5(C)[C@H]4CC[C@@]32C)O[C@]12CC[C@@H](C)CO2. The summed E-state index contributed by atoms with van der Waals surface area (Å²) in [7, 11) is 0. The van der Waals surface area contributed by atoms with Crippen LogP contribution < -0.4 is 5.32 Å². The van der Waals surface area contributed by atoms with Gasteiger partial charge >= 0.3 is 0 Å². The number of nitrogens with one attached hydrogen (secondary N) is 1. The molecule has 1 unspecified atom stereocenters. The van der Waals surface area contributed by atoms with Crippen LogP contribution in [0.15, 0.2) is 24.3 Å². The number of nitrogens with zero attached hydrogens (tertiary/aromatic N) is 2. The average Bonchev–Trinajstić information content (AvgIpc) is 3.55. The Labute approximate surface area is 247 Å². The van der Waals surface area contributed by atoms with E-state index >= 15 is 0 Å². The molecule has 4 fully saturated rings. The quantitative estimate of drug-likeness (QED) is 0.361. The molecule has 40 heavy (non-hydrogen) atoms. The highest BCUT2D eigenvalue weighted by Gasteiger charge is 2.68. The van der Waals surface area contributed by atoms with E-state index in [1.54, 1.807) is 23.0 Å². The minimum Gasteiger partial charge on any atom is -0.349 e. The summed E-state index contributed by atoms with van der Waals surface area (Å²) in [6, 6.07) is 5.68. The fourth-order valence-electron chi connectivity index (χ4n) is 10.5. The molecule has 0 radical (unpaired) electrons. The molecule has 0 aromatic carbocycles. The third kappa shape index (κ3) is 3.64. The van der Waals surface area contributed by atoms with Gasteiger partial charge < -0.3 is 14.8 Å². The summed E-state index contributed by atoms with van der Waals surface area (Å²) in [5, 5.41) is 4.83. The summed E-state index contributed by atoms with van der Waals surface area (Å²) in [4.78, 5) is 10.8. The van der Waals surface area contributed by atoms with Crippen molar-refractivity contribution < 1.29 is 9.47 Å². The molecule has 8 rings (SSSR count). The molecular formula is C33H42ClN3O2S. The number of rotatable bonds is 2. The van der Waals surface area contributed by atoms with Gasteiger partial charge in [-0.15, -0.1) is 0 Å². The van der Waals surface area contributed by atoms with E-state index in [1.165, 1.54) is 49.1 Å². The van der Waals surface area contributed by atoms with Crippen LogP contribution in [-0.2, 0) is 15.9 Å². The molecule has 2 aromatic rings. The van der Waals surface area contributed by atoms with Crippen LogP contribution >= 0.6 is 22.9 Å². The summed E-state index contributed by atoms with van der Waals surface area (Å²) in [6.07, 6.45) is 12.6. The second-order valence-corrected chi connectivity index (χ2v) is 15.8. The number of ether oxygens (including phenoxy) is 2. The summed E-state index contributed by atoms with van der Waals surface area (Å²) < 4.78 is 13.5. The van der Waals surface area contributed by atoms with Gasteiger partial charge in [0.1, 0.15) is 11.0 Å². The molecule has 4 aliphatic carbocycles. The fraction of sp³-hybridized carbons (Fsp3) is 0.697. The molecule has 0 amide bonds. The van der Waals surface area contributed by atoms with E-state index in [-0.39, 0.29) is 11.2 Å². The van der Waals surface area contributed by atoms with Crippen LogP contribution in [0.5, 0.6) is 0 Å². The molecule has 2 aromatic heterocycles. The average molecular weight is 580 g/mol. The molecule has 7 heteroatoms. The largest absolute Gasteiger partial charge is 0.349 e. The zero-order valence-electron chi connectivity index (χ0n) is 24.2. The number of hydrogen-bond acceptors (Lipinski definition) is 6. The van der Waals surface area contributed by atoms with Crippen molar-refractivity contribution in [3.05, 3.63) is 40.0 Å². The van der Waals surface area contributed by atoms with Crippen molar-refractivity contribution in [2.24, 2.45) is 46.3 Å².